The van der Waals surface area contributed by atoms with Crippen molar-refractivity contribution < 1.29 is 22.7 Å². The number of nitriles is 1. The van der Waals surface area contributed by atoms with Crippen LogP contribution in [0.2, 0.25) is 0 Å². The number of hydrogen-bond acceptors (Lipinski definition) is 3. The number of nitrogens with one attached hydrogen (secondary N) is 2. The summed E-state index contributed by atoms with van der Waals surface area (Å²) in [5, 5.41) is 13.5. The SMILES string of the molecule is CCC(CC#N)NC(=O)Nc1cccc(OC(F)(F)F)c1. The number of carbonyl (C=O) groups is 1. The van der Waals surface area contributed by atoms with Crippen LogP contribution in [0, 0.1) is 11.3 Å². The van der Waals surface area contributed by atoms with Crippen molar-refractivity contribution in [2.75, 3.05) is 5.32 Å². The first kappa shape index (κ1) is 16.6. The molecule has 1 aromatic rings. The highest BCUT2D eigenvalue weighted by Crippen LogP contribution is 2.24. The fraction of sp³-hybridized carbons (Fsp3) is 0.385. The van der Waals surface area contributed by atoms with E-state index in [9.17, 15) is 18.0 Å². The highest BCUT2D eigenvalue weighted by atomic mass is 19.4. The van der Waals surface area contributed by atoms with Crippen LogP contribution >= 0.6 is 0 Å². The summed E-state index contributed by atoms with van der Waals surface area (Å²) in [6, 6.07) is 5.95. The lowest BCUT2D eigenvalue weighted by Gasteiger charge is -2.15. The van der Waals surface area contributed by atoms with Gasteiger partial charge in [0.1, 0.15) is 5.75 Å². The van der Waals surface area contributed by atoms with Gasteiger partial charge in [0.05, 0.1) is 12.5 Å². The van der Waals surface area contributed by atoms with Crippen LogP contribution in [0.5, 0.6) is 5.75 Å². The number of ether oxygens (including phenoxy) is 1. The molecule has 1 aromatic carbocycles. The molecule has 0 radical (unpaired) electrons. The van der Waals surface area contributed by atoms with Gasteiger partial charge in [-0.05, 0) is 18.6 Å². The van der Waals surface area contributed by atoms with Crippen LogP contribution in [0.25, 0.3) is 0 Å². The van der Waals surface area contributed by atoms with Gasteiger partial charge in [-0.1, -0.05) is 13.0 Å². The molecule has 1 unspecified atom stereocenters. The molecule has 2 N–H and O–H groups in total. The second-order valence-electron chi connectivity index (χ2n) is 4.14. The Bertz CT molecular complexity index is 526. The number of halogens is 3. The van der Waals surface area contributed by atoms with Gasteiger partial charge in [-0.15, -0.1) is 13.2 Å². The van der Waals surface area contributed by atoms with Gasteiger partial charge in [-0.25, -0.2) is 4.79 Å². The van der Waals surface area contributed by atoms with E-state index in [1.165, 1.54) is 12.1 Å². The summed E-state index contributed by atoms with van der Waals surface area (Å²) in [5.41, 5.74) is 0.154. The Morgan fingerprint density at radius 1 is 1.48 bits per heavy atom. The summed E-state index contributed by atoms with van der Waals surface area (Å²) in [6.45, 7) is 1.81. The maximum atomic E-state index is 12.1. The average Bonchev–Trinajstić information content (AvgIpc) is 2.36. The van der Waals surface area contributed by atoms with Gasteiger partial charge in [0, 0.05) is 17.8 Å². The molecule has 0 aromatic heterocycles. The Hall–Kier alpha value is -2.43. The molecule has 0 fully saturated rings. The van der Waals surface area contributed by atoms with Crippen molar-refractivity contribution in [1.82, 2.24) is 5.32 Å². The number of hydrogen-bond donors (Lipinski definition) is 2. The molecule has 5 nitrogen and oxygen atoms in total. The topological polar surface area (TPSA) is 74.2 Å². The molecule has 2 amide bonds. The second kappa shape index (κ2) is 7.38. The van der Waals surface area contributed by atoms with E-state index in [2.05, 4.69) is 15.4 Å². The van der Waals surface area contributed by atoms with Crippen molar-refractivity contribution in [1.29, 1.82) is 5.26 Å². The van der Waals surface area contributed by atoms with E-state index in [0.29, 0.717) is 6.42 Å². The Morgan fingerprint density at radius 2 is 2.19 bits per heavy atom. The molecular weight excluding hydrogens is 287 g/mol. The quantitative estimate of drug-likeness (QED) is 0.875. The number of alkyl halides is 3. The van der Waals surface area contributed by atoms with Crippen LogP contribution in [0.15, 0.2) is 24.3 Å². The number of anilines is 1. The zero-order valence-corrected chi connectivity index (χ0v) is 11.2. The van der Waals surface area contributed by atoms with E-state index >= 15 is 0 Å². The van der Waals surface area contributed by atoms with Crippen molar-refractivity contribution in [2.45, 2.75) is 32.2 Å². The summed E-state index contributed by atoms with van der Waals surface area (Å²) in [6.07, 6.45) is -4.07. The van der Waals surface area contributed by atoms with Crippen LogP contribution in [-0.2, 0) is 0 Å². The molecule has 0 bridgehead atoms. The van der Waals surface area contributed by atoms with Gasteiger partial charge in [0.25, 0.3) is 0 Å². The largest absolute Gasteiger partial charge is 0.573 e. The van der Waals surface area contributed by atoms with Crippen molar-refractivity contribution in [3.05, 3.63) is 24.3 Å². The van der Waals surface area contributed by atoms with E-state index in [1.54, 1.807) is 6.92 Å². The normalized spacial score (nSPS) is 12.1. The Kier molecular flexibility index (Phi) is 5.84. The Labute approximate surface area is 119 Å². The first-order valence-corrected chi connectivity index (χ1v) is 6.14. The minimum atomic E-state index is -4.79. The molecule has 0 saturated heterocycles. The van der Waals surface area contributed by atoms with E-state index in [0.717, 1.165) is 12.1 Å². The van der Waals surface area contributed by atoms with Gasteiger partial charge in [0.2, 0.25) is 0 Å². The van der Waals surface area contributed by atoms with Crippen LogP contribution in [0.1, 0.15) is 19.8 Å². The van der Waals surface area contributed by atoms with Gasteiger partial charge >= 0.3 is 12.4 Å². The molecule has 1 rings (SSSR count). The molecule has 0 aliphatic carbocycles. The highest BCUT2D eigenvalue weighted by Gasteiger charge is 2.31. The third-order valence-corrected chi connectivity index (χ3v) is 2.49. The lowest BCUT2D eigenvalue weighted by Crippen LogP contribution is -2.37. The number of nitrogens with zero attached hydrogens (tertiary/aromatic N) is 1. The van der Waals surface area contributed by atoms with Crippen molar-refractivity contribution >= 4 is 11.7 Å². The molecule has 114 valence electrons. The van der Waals surface area contributed by atoms with Gasteiger partial charge in [-0.2, -0.15) is 5.26 Å². The molecule has 0 saturated carbocycles. The number of benzene rings is 1. The zero-order valence-electron chi connectivity index (χ0n) is 11.2. The molecular formula is C13H14F3N3O2. The fourth-order valence-electron chi connectivity index (χ4n) is 1.53. The van der Waals surface area contributed by atoms with Gasteiger partial charge in [-0.3, -0.25) is 0 Å². The fourth-order valence-corrected chi connectivity index (χ4v) is 1.53. The van der Waals surface area contributed by atoms with Gasteiger partial charge in [0.15, 0.2) is 0 Å². The summed E-state index contributed by atoms with van der Waals surface area (Å²) < 4.78 is 40.0. The first-order valence-electron chi connectivity index (χ1n) is 6.14. The minimum Gasteiger partial charge on any atom is -0.406 e. The second-order valence-corrected chi connectivity index (χ2v) is 4.14. The monoisotopic (exact) mass is 301 g/mol. The van der Waals surface area contributed by atoms with E-state index < -0.39 is 18.1 Å². The lowest BCUT2D eigenvalue weighted by molar-refractivity contribution is -0.274. The van der Waals surface area contributed by atoms with Crippen molar-refractivity contribution in [3.8, 4) is 11.8 Å². The molecule has 21 heavy (non-hydrogen) atoms. The lowest BCUT2D eigenvalue weighted by atomic mass is 10.2. The third-order valence-electron chi connectivity index (χ3n) is 2.49. The Morgan fingerprint density at radius 3 is 2.76 bits per heavy atom. The Balaban J connectivity index is 2.64. The number of rotatable bonds is 5. The number of amides is 2. The van der Waals surface area contributed by atoms with Crippen LogP contribution in [-0.4, -0.2) is 18.4 Å². The van der Waals surface area contributed by atoms with Crippen molar-refractivity contribution in [2.24, 2.45) is 0 Å². The highest BCUT2D eigenvalue weighted by molar-refractivity contribution is 5.89. The summed E-state index contributed by atoms with van der Waals surface area (Å²) in [7, 11) is 0. The minimum absolute atomic E-state index is 0.154. The average molecular weight is 301 g/mol. The number of carbonyl (C=O) groups excluding carboxylic acids is 1. The van der Waals surface area contributed by atoms with E-state index in [-0.39, 0.29) is 18.2 Å². The molecule has 8 heteroatoms. The molecule has 1 atom stereocenters. The maximum Gasteiger partial charge on any atom is 0.573 e. The predicted molar refractivity (Wildman–Crippen MR) is 69.6 cm³/mol. The van der Waals surface area contributed by atoms with Crippen molar-refractivity contribution in [3.63, 3.8) is 0 Å². The summed E-state index contributed by atoms with van der Waals surface area (Å²) >= 11 is 0. The first-order chi connectivity index (χ1) is 9.84. The van der Waals surface area contributed by atoms with Crippen LogP contribution < -0.4 is 15.4 Å². The predicted octanol–water partition coefficient (Wildman–Crippen LogP) is 3.40. The van der Waals surface area contributed by atoms with Gasteiger partial charge < -0.3 is 15.4 Å². The standard InChI is InChI=1S/C13H14F3N3O2/c1-2-9(6-7-17)18-12(20)19-10-4-3-5-11(8-10)21-13(14,15)16/h3-5,8-9H,2,6H2,1H3,(H2,18,19,20). The molecule has 0 spiro atoms. The summed E-state index contributed by atoms with van der Waals surface area (Å²) in [4.78, 5) is 11.7. The number of urea groups is 1. The summed E-state index contributed by atoms with van der Waals surface area (Å²) in [5.74, 6) is -0.427. The molecule has 0 aliphatic heterocycles. The smallest absolute Gasteiger partial charge is 0.406 e. The van der Waals surface area contributed by atoms with E-state index in [4.69, 9.17) is 5.26 Å². The van der Waals surface area contributed by atoms with Crippen LogP contribution in [0.3, 0.4) is 0 Å². The maximum absolute atomic E-state index is 12.1. The van der Waals surface area contributed by atoms with Crippen LogP contribution in [0.4, 0.5) is 23.7 Å². The molecule has 0 aliphatic rings. The molecule has 0 heterocycles. The zero-order chi connectivity index (χ0) is 15.9. The van der Waals surface area contributed by atoms with E-state index in [1.807, 2.05) is 6.07 Å². The third kappa shape index (κ3) is 6.51.